The van der Waals surface area contributed by atoms with Crippen molar-refractivity contribution in [2.24, 2.45) is 5.73 Å². The van der Waals surface area contributed by atoms with Crippen LogP contribution in [0.4, 0.5) is 0 Å². The topological polar surface area (TPSA) is 46.2 Å². The molecule has 13 heavy (non-hydrogen) atoms. The number of aliphatic hydroxyl groups is 1. The van der Waals surface area contributed by atoms with Crippen molar-refractivity contribution < 1.29 is 5.11 Å². The van der Waals surface area contributed by atoms with Gasteiger partial charge < -0.3 is 10.8 Å². The van der Waals surface area contributed by atoms with Crippen LogP contribution in [0.25, 0.3) is 6.08 Å². The number of hydrogen-bond acceptors (Lipinski definition) is 2. The van der Waals surface area contributed by atoms with Crippen LogP contribution in [0, 0.1) is 0 Å². The quantitative estimate of drug-likeness (QED) is 0.712. The van der Waals surface area contributed by atoms with Gasteiger partial charge in [0.2, 0.25) is 0 Å². The smallest absolute Gasteiger partial charge is 0.104 e. The van der Waals surface area contributed by atoms with Crippen molar-refractivity contribution in [2.45, 2.75) is 0 Å². The molecule has 0 spiro atoms. The summed E-state index contributed by atoms with van der Waals surface area (Å²) in [6.45, 7) is 0.0390. The van der Waals surface area contributed by atoms with E-state index in [1.807, 2.05) is 30.3 Å². The van der Waals surface area contributed by atoms with Crippen molar-refractivity contribution >= 4 is 23.3 Å². The van der Waals surface area contributed by atoms with Gasteiger partial charge >= 0.3 is 0 Å². The minimum Gasteiger partial charge on any atom is -0.392 e. The molecule has 0 saturated heterocycles. The Kier molecular flexibility index (Phi) is 3.61. The maximum atomic E-state index is 8.57. The van der Waals surface area contributed by atoms with E-state index in [1.165, 1.54) is 0 Å². The fourth-order valence-corrected chi connectivity index (χ4v) is 1.11. The molecule has 0 aliphatic rings. The maximum Gasteiger partial charge on any atom is 0.104 e. The zero-order valence-electron chi connectivity index (χ0n) is 7.10. The first-order valence-electron chi connectivity index (χ1n) is 3.91. The Bertz CT molecular complexity index is 333. The number of thiocarbonyl (C=S) groups is 1. The van der Waals surface area contributed by atoms with E-state index < -0.39 is 0 Å². The lowest BCUT2D eigenvalue weighted by Crippen LogP contribution is -2.08. The van der Waals surface area contributed by atoms with Gasteiger partial charge in [-0.1, -0.05) is 42.6 Å². The first-order valence-corrected chi connectivity index (χ1v) is 4.32. The van der Waals surface area contributed by atoms with Crippen molar-refractivity contribution in [2.75, 3.05) is 6.61 Å². The fraction of sp³-hybridized carbons (Fsp3) is 0.100. The van der Waals surface area contributed by atoms with Crippen molar-refractivity contribution in [3.8, 4) is 0 Å². The van der Waals surface area contributed by atoms with E-state index in [0.717, 1.165) is 11.1 Å². The minimum atomic E-state index is 0.0390. The monoisotopic (exact) mass is 193 g/mol. The summed E-state index contributed by atoms with van der Waals surface area (Å²) in [4.78, 5) is 0.388. The number of hydrogen-bond donors (Lipinski definition) is 2. The van der Waals surface area contributed by atoms with Crippen LogP contribution in [-0.4, -0.2) is 16.7 Å². The second-order valence-electron chi connectivity index (χ2n) is 2.57. The normalized spacial score (nSPS) is 10.5. The van der Waals surface area contributed by atoms with Crippen LogP contribution in [0.2, 0.25) is 0 Å². The molecule has 1 rings (SSSR count). The van der Waals surface area contributed by atoms with Crippen LogP contribution in [0.15, 0.2) is 30.3 Å². The van der Waals surface area contributed by atoms with Gasteiger partial charge in [-0.25, -0.2) is 0 Å². The van der Waals surface area contributed by atoms with E-state index >= 15 is 0 Å². The molecule has 0 aliphatic heterocycles. The predicted octanol–water partition coefficient (Wildman–Crippen LogP) is 1.33. The van der Waals surface area contributed by atoms with Gasteiger partial charge in [0.05, 0.1) is 6.61 Å². The number of aliphatic hydroxyl groups excluding tert-OH is 1. The van der Waals surface area contributed by atoms with Crippen molar-refractivity contribution in [1.82, 2.24) is 0 Å². The zero-order valence-corrected chi connectivity index (χ0v) is 7.92. The first kappa shape index (κ1) is 9.89. The molecule has 0 atom stereocenters. The van der Waals surface area contributed by atoms with Crippen LogP contribution >= 0.6 is 12.2 Å². The first-order chi connectivity index (χ1) is 6.24. The van der Waals surface area contributed by atoms with Gasteiger partial charge in [0, 0.05) is 5.56 Å². The molecule has 3 N–H and O–H groups in total. The number of nitrogens with two attached hydrogens (primary N) is 1. The van der Waals surface area contributed by atoms with Gasteiger partial charge in [0.1, 0.15) is 4.99 Å². The van der Waals surface area contributed by atoms with Gasteiger partial charge in [-0.05, 0) is 11.6 Å². The minimum absolute atomic E-state index is 0.0390. The molecular formula is C10H11NOS. The molecule has 0 radical (unpaired) electrons. The summed E-state index contributed by atoms with van der Waals surface area (Å²) in [5.41, 5.74) is 7.30. The third-order valence-corrected chi connectivity index (χ3v) is 1.82. The molecule has 2 nitrogen and oxygen atoms in total. The summed E-state index contributed by atoms with van der Waals surface area (Å²) in [7, 11) is 0. The molecule has 0 heterocycles. The van der Waals surface area contributed by atoms with Crippen LogP contribution in [0.3, 0.4) is 0 Å². The second kappa shape index (κ2) is 4.74. The SMILES string of the molecule is NC(=S)c1cccc(C=CCO)c1. The van der Waals surface area contributed by atoms with E-state index in [-0.39, 0.29) is 6.61 Å². The summed E-state index contributed by atoms with van der Waals surface area (Å²) in [5.74, 6) is 0. The van der Waals surface area contributed by atoms with Gasteiger partial charge in [0.15, 0.2) is 0 Å². The van der Waals surface area contributed by atoms with Crippen molar-refractivity contribution in [3.63, 3.8) is 0 Å². The summed E-state index contributed by atoms with van der Waals surface area (Å²) in [5, 5.41) is 8.57. The molecule has 68 valence electrons. The lowest BCUT2D eigenvalue weighted by molar-refractivity contribution is 0.343. The third kappa shape index (κ3) is 2.97. The van der Waals surface area contributed by atoms with E-state index in [4.69, 9.17) is 23.1 Å². The summed E-state index contributed by atoms with van der Waals surface area (Å²) < 4.78 is 0. The van der Waals surface area contributed by atoms with Crippen LogP contribution in [-0.2, 0) is 0 Å². The Morgan fingerprint density at radius 2 is 2.31 bits per heavy atom. The average Bonchev–Trinajstić information content (AvgIpc) is 2.15. The zero-order chi connectivity index (χ0) is 9.68. The molecular weight excluding hydrogens is 182 g/mol. The largest absolute Gasteiger partial charge is 0.392 e. The van der Waals surface area contributed by atoms with Gasteiger partial charge in [-0.3, -0.25) is 0 Å². The van der Waals surface area contributed by atoms with Crippen LogP contribution < -0.4 is 5.73 Å². The summed E-state index contributed by atoms with van der Waals surface area (Å²) >= 11 is 4.84. The van der Waals surface area contributed by atoms with Gasteiger partial charge in [0.25, 0.3) is 0 Å². The molecule has 0 saturated carbocycles. The molecule has 0 fully saturated rings. The third-order valence-electron chi connectivity index (χ3n) is 1.59. The van der Waals surface area contributed by atoms with Gasteiger partial charge in [-0.2, -0.15) is 0 Å². The van der Waals surface area contributed by atoms with E-state index in [0.29, 0.717) is 4.99 Å². The molecule has 0 unspecified atom stereocenters. The Hall–Kier alpha value is -1.19. The highest BCUT2D eigenvalue weighted by atomic mass is 32.1. The van der Waals surface area contributed by atoms with Crippen molar-refractivity contribution in [1.29, 1.82) is 0 Å². The molecule has 0 aromatic heterocycles. The molecule has 0 aliphatic carbocycles. The fourth-order valence-electron chi connectivity index (χ4n) is 0.984. The lowest BCUT2D eigenvalue weighted by Gasteiger charge is -1.98. The Morgan fingerprint density at radius 3 is 2.92 bits per heavy atom. The number of benzene rings is 1. The second-order valence-corrected chi connectivity index (χ2v) is 3.01. The maximum absolute atomic E-state index is 8.57. The molecule has 3 heteroatoms. The standard InChI is InChI=1S/C10H11NOS/c11-10(13)9-5-1-3-8(7-9)4-2-6-12/h1-5,7,12H,6H2,(H2,11,13). The van der Waals surface area contributed by atoms with E-state index in [2.05, 4.69) is 0 Å². The Balaban J connectivity index is 2.92. The van der Waals surface area contributed by atoms with Crippen LogP contribution in [0.1, 0.15) is 11.1 Å². The van der Waals surface area contributed by atoms with Crippen LogP contribution in [0.5, 0.6) is 0 Å². The molecule has 1 aromatic rings. The molecule has 0 bridgehead atoms. The Morgan fingerprint density at radius 1 is 1.54 bits per heavy atom. The molecule has 1 aromatic carbocycles. The number of rotatable bonds is 3. The highest BCUT2D eigenvalue weighted by molar-refractivity contribution is 7.80. The highest BCUT2D eigenvalue weighted by Gasteiger charge is 1.94. The predicted molar refractivity (Wildman–Crippen MR) is 58.4 cm³/mol. The average molecular weight is 193 g/mol. The summed E-state index contributed by atoms with van der Waals surface area (Å²) in [6.07, 6.45) is 3.49. The molecule has 0 amide bonds. The van der Waals surface area contributed by atoms with Crippen molar-refractivity contribution in [3.05, 3.63) is 41.5 Å². The van der Waals surface area contributed by atoms with E-state index in [9.17, 15) is 0 Å². The summed E-state index contributed by atoms with van der Waals surface area (Å²) in [6, 6.07) is 7.55. The van der Waals surface area contributed by atoms with E-state index in [1.54, 1.807) is 6.08 Å². The Labute approximate surface area is 82.7 Å². The van der Waals surface area contributed by atoms with Gasteiger partial charge in [-0.15, -0.1) is 0 Å². The highest BCUT2D eigenvalue weighted by Crippen LogP contribution is 2.06. The lowest BCUT2D eigenvalue weighted by atomic mass is 10.1.